The van der Waals surface area contributed by atoms with Gasteiger partial charge in [0.15, 0.2) is 0 Å². The third-order valence-electron chi connectivity index (χ3n) is 3.99. The molecule has 2 aliphatic heterocycles. The van der Waals surface area contributed by atoms with Crippen LogP contribution in [0.4, 0.5) is 0 Å². The monoisotopic (exact) mass is 254 g/mol. The number of carbonyl (C=O) groups excluding carboxylic acids is 2. The van der Waals surface area contributed by atoms with Gasteiger partial charge < -0.3 is 10.1 Å². The summed E-state index contributed by atoms with van der Waals surface area (Å²) in [4.78, 5) is 25.2. The molecule has 0 unspecified atom stereocenters. The normalized spacial score (nSPS) is 24.4. The van der Waals surface area contributed by atoms with Crippen LogP contribution in [0, 0.1) is 5.41 Å². The third kappa shape index (κ3) is 2.90. The number of amides is 2. The molecule has 2 rings (SSSR count). The molecule has 18 heavy (non-hydrogen) atoms. The minimum atomic E-state index is -0.0529. The van der Waals surface area contributed by atoms with E-state index in [0.717, 1.165) is 25.9 Å². The van der Waals surface area contributed by atoms with E-state index < -0.39 is 0 Å². The highest BCUT2D eigenvalue weighted by molar-refractivity contribution is 5.97. The topological polar surface area (TPSA) is 58.6 Å². The van der Waals surface area contributed by atoms with E-state index in [0.29, 0.717) is 32.4 Å². The fourth-order valence-electron chi connectivity index (χ4n) is 2.92. The third-order valence-corrected chi connectivity index (χ3v) is 3.99. The number of nitrogens with one attached hydrogen (secondary N) is 1. The fourth-order valence-corrected chi connectivity index (χ4v) is 2.92. The van der Waals surface area contributed by atoms with E-state index >= 15 is 0 Å². The number of likely N-dealkylation sites (tertiary alicyclic amines) is 1. The molecule has 0 aliphatic carbocycles. The summed E-state index contributed by atoms with van der Waals surface area (Å²) in [5.41, 5.74) is -0.0529. The second-order valence-corrected chi connectivity index (χ2v) is 5.41. The van der Waals surface area contributed by atoms with Gasteiger partial charge in [0, 0.05) is 31.9 Å². The average Bonchev–Trinajstić information content (AvgIpc) is 2.36. The number of hydrogen-bond donors (Lipinski definition) is 1. The molecule has 102 valence electrons. The lowest BCUT2D eigenvalue weighted by molar-refractivity contribution is -0.151. The van der Waals surface area contributed by atoms with E-state index in [4.69, 9.17) is 4.74 Å². The van der Waals surface area contributed by atoms with Crippen molar-refractivity contribution in [1.29, 1.82) is 0 Å². The molecule has 0 spiro atoms. The van der Waals surface area contributed by atoms with Crippen LogP contribution in [0.5, 0.6) is 0 Å². The SMILES string of the molecule is COCC1(CN2C(=O)CCCC2=O)CCNCC1. The molecule has 0 saturated carbocycles. The Labute approximate surface area is 108 Å². The summed E-state index contributed by atoms with van der Waals surface area (Å²) in [6.45, 7) is 3.01. The predicted octanol–water partition coefficient (Wildman–Crippen LogP) is 0.542. The lowest BCUT2D eigenvalue weighted by atomic mass is 9.78. The summed E-state index contributed by atoms with van der Waals surface area (Å²) in [7, 11) is 1.68. The van der Waals surface area contributed by atoms with E-state index in [2.05, 4.69) is 5.32 Å². The van der Waals surface area contributed by atoms with Gasteiger partial charge in [-0.1, -0.05) is 0 Å². The van der Waals surface area contributed by atoms with Crippen molar-refractivity contribution in [2.75, 3.05) is 33.4 Å². The summed E-state index contributed by atoms with van der Waals surface area (Å²) < 4.78 is 5.32. The summed E-state index contributed by atoms with van der Waals surface area (Å²) in [5.74, 6) is -0.0273. The van der Waals surface area contributed by atoms with E-state index in [9.17, 15) is 9.59 Å². The van der Waals surface area contributed by atoms with Crippen molar-refractivity contribution in [3.63, 3.8) is 0 Å². The highest BCUT2D eigenvalue weighted by Gasteiger charge is 2.38. The largest absolute Gasteiger partial charge is 0.384 e. The Hall–Kier alpha value is -0.940. The molecule has 0 radical (unpaired) electrons. The van der Waals surface area contributed by atoms with Crippen LogP contribution in [0.1, 0.15) is 32.1 Å². The maximum atomic E-state index is 11.9. The van der Waals surface area contributed by atoms with E-state index in [1.165, 1.54) is 4.90 Å². The zero-order chi connectivity index (χ0) is 13.0. The van der Waals surface area contributed by atoms with Crippen molar-refractivity contribution in [3.8, 4) is 0 Å². The molecule has 0 aromatic rings. The summed E-state index contributed by atoms with van der Waals surface area (Å²) >= 11 is 0. The molecule has 1 N–H and O–H groups in total. The molecule has 0 aromatic carbocycles. The zero-order valence-corrected chi connectivity index (χ0v) is 11.0. The summed E-state index contributed by atoms with van der Waals surface area (Å²) in [6.07, 6.45) is 3.63. The number of rotatable bonds is 4. The second kappa shape index (κ2) is 5.80. The Morgan fingerprint density at radius 2 is 1.83 bits per heavy atom. The van der Waals surface area contributed by atoms with Crippen molar-refractivity contribution in [2.45, 2.75) is 32.1 Å². The molecule has 2 fully saturated rings. The van der Waals surface area contributed by atoms with Crippen LogP contribution in [0.2, 0.25) is 0 Å². The minimum Gasteiger partial charge on any atom is -0.384 e. The number of hydrogen-bond acceptors (Lipinski definition) is 4. The first-order valence-corrected chi connectivity index (χ1v) is 6.70. The van der Waals surface area contributed by atoms with Gasteiger partial charge in [-0.3, -0.25) is 14.5 Å². The van der Waals surface area contributed by atoms with Gasteiger partial charge in [0.1, 0.15) is 0 Å². The van der Waals surface area contributed by atoms with Gasteiger partial charge in [-0.15, -0.1) is 0 Å². The molecule has 0 aromatic heterocycles. The summed E-state index contributed by atoms with van der Waals surface area (Å²) in [6, 6.07) is 0. The molecule has 0 atom stereocenters. The van der Waals surface area contributed by atoms with Crippen molar-refractivity contribution in [3.05, 3.63) is 0 Å². The maximum Gasteiger partial charge on any atom is 0.229 e. The van der Waals surface area contributed by atoms with Crippen molar-refractivity contribution < 1.29 is 14.3 Å². The predicted molar refractivity (Wildman–Crippen MR) is 67.0 cm³/mol. The smallest absolute Gasteiger partial charge is 0.229 e. The lowest BCUT2D eigenvalue weighted by Crippen LogP contribution is -2.51. The van der Waals surface area contributed by atoms with Crippen molar-refractivity contribution >= 4 is 11.8 Å². The van der Waals surface area contributed by atoms with Gasteiger partial charge in [0.25, 0.3) is 0 Å². The van der Waals surface area contributed by atoms with Gasteiger partial charge in [0.2, 0.25) is 11.8 Å². The van der Waals surface area contributed by atoms with Gasteiger partial charge in [-0.2, -0.15) is 0 Å². The zero-order valence-electron chi connectivity index (χ0n) is 11.0. The van der Waals surface area contributed by atoms with Crippen LogP contribution in [-0.4, -0.2) is 50.1 Å². The van der Waals surface area contributed by atoms with E-state index in [1.54, 1.807) is 7.11 Å². The fraction of sp³-hybridized carbons (Fsp3) is 0.846. The lowest BCUT2D eigenvalue weighted by Gasteiger charge is -2.41. The van der Waals surface area contributed by atoms with E-state index in [-0.39, 0.29) is 17.2 Å². The van der Waals surface area contributed by atoms with Crippen LogP contribution in [0.25, 0.3) is 0 Å². The number of imide groups is 1. The first-order chi connectivity index (χ1) is 8.67. The number of carbonyl (C=O) groups is 2. The molecule has 5 nitrogen and oxygen atoms in total. The van der Waals surface area contributed by atoms with Gasteiger partial charge in [-0.05, 0) is 32.4 Å². The number of methoxy groups -OCH3 is 1. The standard InChI is InChI=1S/C13H22N2O3/c1-18-10-13(5-7-14-8-6-13)9-15-11(16)3-2-4-12(15)17/h14H,2-10H2,1H3. The van der Waals surface area contributed by atoms with Crippen molar-refractivity contribution in [1.82, 2.24) is 10.2 Å². The summed E-state index contributed by atoms with van der Waals surface area (Å²) in [5, 5.41) is 3.31. The first kappa shape index (κ1) is 13.5. The minimum absolute atomic E-state index is 0.0136. The molecular weight excluding hydrogens is 232 g/mol. The first-order valence-electron chi connectivity index (χ1n) is 6.70. The number of piperidine rings is 2. The Morgan fingerprint density at radius 3 is 2.39 bits per heavy atom. The second-order valence-electron chi connectivity index (χ2n) is 5.41. The molecule has 2 amide bonds. The molecule has 2 heterocycles. The molecular formula is C13H22N2O3. The van der Waals surface area contributed by atoms with Crippen LogP contribution in [0.15, 0.2) is 0 Å². The highest BCUT2D eigenvalue weighted by Crippen LogP contribution is 2.31. The van der Waals surface area contributed by atoms with Gasteiger partial charge in [-0.25, -0.2) is 0 Å². The number of nitrogens with zero attached hydrogens (tertiary/aromatic N) is 1. The van der Waals surface area contributed by atoms with E-state index in [1.807, 2.05) is 0 Å². The van der Waals surface area contributed by atoms with Crippen molar-refractivity contribution in [2.24, 2.45) is 5.41 Å². The quantitative estimate of drug-likeness (QED) is 0.744. The highest BCUT2D eigenvalue weighted by atomic mass is 16.5. The van der Waals surface area contributed by atoms with Crippen LogP contribution < -0.4 is 5.32 Å². The molecule has 0 bridgehead atoms. The van der Waals surface area contributed by atoms with Crippen LogP contribution in [-0.2, 0) is 14.3 Å². The average molecular weight is 254 g/mol. The number of ether oxygens (including phenoxy) is 1. The maximum absolute atomic E-state index is 11.9. The Bertz CT molecular complexity index is 303. The Balaban J connectivity index is 2.07. The van der Waals surface area contributed by atoms with Crippen LogP contribution >= 0.6 is 0 Å². The molecule has 2 aliphatic rings. The van der Waals surface area contributed by atoms with Crippen LogP contribution in [0.3, 0.4) is 0 Å². The Morgan fingerprint density at radius 1 is 1.22 bits per heavy atom. The molecule has 2 saturated heterocycles. The molecule has 5 heteroatoms. The van der Waals surface area contributed by atoms with Gasteiger partial charge in [0.05, 0.1) is 6.61 Å². The van der Waals surface area contributed by atoms with Gasteiger partial charge >= 0.3 is 0 Å². The Kier molecular flexibility index (Phi) is 4.35.